The van der Waals surface area contributed by atoms with E-state index in [1.165, 1.54) is 33.8 Å². The number of thioether (sulfide) groups is 2. The Morgan fingerprint density at radius 3 is 2.77 bits per heavy atom. The van der Waals surface area contributed by atoms with Gasteiger partial charge in [-0.15, -0.1) is 34.9 Å². The Balaban J connectivity index is 1.41. The Bertz CT molecular complexity index is 1170. The van der Waals surface area contributed by atoms with Crippen molar-refractivity contribution in [1.29, 1.82) is 0 Å². The van der Waals surface area contributed by atoms with Gasteiger partial charge in [0.1, 0.15) is 28.6 Å². The molecule has 3 aliphatic heterocycles. The first kappa shape index (κ1) is 30.4. The fraction of sp³-hybridized carbons (Fsp3) is 0.652. The number of nitrogen functional groups attached to an aromatic ring is 1. The Morgan fingerprint density at radius 1 is 1.38 bits per heavy atom. The number of thiazole rings is 1. The van der Waals surface area contributed by atoms with Crippen molar-refractivity contribution in [3.8, 4) is 0 Å². The first-order chi connectivity index (χ1) is 18.9. The van der Waals surface area contributed by atoms with Crippen molar-refractivity contribution in [3.63, 3.8) is 0 Å². The van der Waals surface area contributed by atoms with Crippen LogP contribution in [0.4, 0.5) is 5.13 Å². The number of hydrogen-bond acceptors (Lipinski definition) is 15. The van der Waals surface area contributed by atoms with Crippen LogP contribution in [0.1, 0.15) is 32.9 Å². The van der Waals surface area contributed by atoms with E-state index in [0.29, 0.717) is 18.8 Å². The molecule has 3 aliphatic rings. The molecule has 0 aromatic carbocycles. The highest BCUT2D eigenvalue weighted by Crippen LogP contribution is 2.45. The van der Waals surface area contributed by atoms with E-state index in [2.05, 4.69) is 15.5 Å². The second kappa shape index (κ2) is 12.5. The number of carbonyl (C=O) groups excluding carboxylic acids is 4. The topological polar surface area (TPSA) is 192 Å². The highest BCUT2D eigenvalue weighted by molar-refractivity contribution is 8.05. The fourth-order valence-corrected chi connectivity index (χ4v) is 7.65. The van der Waals surface area contributed by atoms with Crippen LogP contribution >= 0.6 is 34.9 Å². The third-order valence-electron chi connectivity index (χ3n) is 6.30. The number of oxime groups is 1. The minimum atomic E-state index is -1.16. The molecule has 1 aromatic rings. The van der Waals surface area contributed by atoms with Crippen LogP contribution in [0.5, 0.6) is 0 Å². The van der Waals surface area contributed by atoms with E-state index in [-0.39, 0.29) is 41.7 Å². The van der Waals surface area contributed by atoms with Crippen LogP contribution in [0.25, 0.3) is 0 Å². The van der Waals surface area contributed by atoms with Gasteiger partial charge in [0.2, 0.25) is 12.7 Å². The van der Waals surface area contributed by atoms with E-state index in [9.17, 15) is 24.4 Å². The number of β-lactam (4-membered cyclic amide) rings is 1. The van der Waals surface area contributed by atoms with E-state index in [4.69, 9.17) is 24.7 Å². The Hall–Kier alpha value is -2.60. The average Bonchev–Trinajstić information content (AvgIpc) is 3.36. The molecule has 17 heteroatoms. The number of ether oxygens (including phenoxy) is 4. The van der Waals surface area contributed by atoms with Gasteiger partial charge in [-0.1, -0.05) is 5.16 Å². The molecule has 0 bridgehead atoms. The molecule has 4 atom stereocenters. The van der Waals surface area contributed by atoms with Crippen molar-refractivity contribution in [2.45, 2.75) is 49.5 Å². The maximum atomic E-state index is 13.4. The number of aromatic nitrogens is 1. The highest BCUT2D eigenvalue weighted by Gasteiger charge is 2.58. The van der Waals surface area contributed by atoms with Gasteiger partial charge in [0.05, 0.1) is 18.1 Å². The van der Waals surface area contributed by atoms with Crippen LogP contribution in [0, 0.1) is 5.41 Å². The second-order valence-electron chi connectivity index (χ2n) is 10.3. The third kappa shape index (κ3) is 6.64. The zero-order valence-electron chi connectivity index (χ0n) is 22.1. The van der Waals surface area contributed by atoms with Crippen LogP contribution in [0.15, 0.2) is 10.5 Å². The van der Waals surface area contributed by atoms with E-state index >= 15 is 0 Å². The second-order valence-corrected chi connectivity index (χ2v) is 13.7. The summed E-state index contributed by atoms with van der Waals surface area (Å²) in [5, 5.41) is 16.2. The number of fused-ring (bicyclic) bond motifs is 1. The predicted octanol–water partition coefficient (Wildman–Crippen LogP) is 0.629. The van der Waals surface area contributed by atoms with Gasteiger partial charge in [-0.2, -0.15) is 0 Å². The number of hydrogen-bond donors (Lipinski definition) is 3. The summed E-state index contributed by atoms with van der Waals surface area (Å²) in [4.78, 5) is 56.8. The number of nitrogens with zero attached hydrogens (tertiary/aromatic N) is 3. The molecular formula is C23H31N5O9S3. The van der Waals surface area contributed by atoms with Crippen molar-refractivity contribution in [1.82, 2.24) is 15.2 Å². The quantitative estimate of drug-likeness (QED) is 0.0874. The summed E-state index contributed by atoms with van der Waals surface area (Å²) in [5.74, 6) is -1.60. The molecule has 220 valence electrons. The number of carbonyl (C=O) groups is 4. The number of esters is 2. The van der Waals surface area contributed by atoms with Gasteiger partial charge in [0, 0.05) is 23.4 Å². The zero-order valence-corrected chi connectivity index (χ0v) is 24.6. The van der Waals surface area contributed by atoms with Crippen LogP contribution in [0.3, 0.4) is 0 Å². The number of rotatable bonds is 9. The van der Waals surface area contributed by atoms with Crippen LogP contribution in [0.2, 0.25) is 0 Å². The summed E-state index contributed by atoms with van der Waals surface area (Å²) in [6.45, 7) is 5.25. The molecule has 0 radical (unpaired) electrons. The summed E-state index contributed by atoms with van der Waals surface area (Å²) in [7, 11) is 0. The molecule has 4 rings (SSSR count). The minimum Gasteiger partial charge on any atom is -0.427 e. The van der Waals surface area contributed by atoms with Crippen LogP contribution < -0.4 is 11.1 Å². The van der Waals surface area contributed by atoms with Gasteiger partial charge in [-0.25, -0.2) is 4.98 Å². The lowest BCUT2D eigenvalue weighted by Crippen LogP contribution is -2.75. The van der Waals surface area contributed by atoms with Crippen molar-refractivity contribution < 1.29 is 43.3 Å². The monoisotopic (exact) mass is 617 g/mol. The predicted molar refractivity (Wildman–Crippen MR) is 147 cm³/mol. The maximum absolute atomic E-state index is 13.4. The summed E-state index contributed by atoms with van der Waals surface area (Å²) < 4.78 is 20.2. The molecule has 2 amide bonds. The fourth-order valence-electron chi connectivity index (χ4n) is 4.01. The zero-order chi connectivity index (χ0) is 29.1. The van der Waals surface area contributed by atoms with E-state index in [1.54, 1.807) is 20.8 Å². The summed E-state index contributed by atoms with van der Waals surface area (Å²) in [6, 6.07) is -0.893. The van der Waals surface area contributed by atoms with Crippen molar-refractivity contribution in [2.75, 3.05) is 44.0 Å². The molecule has 3 fully saturated rings. The standard InChI is InChI=1S/C23H31N5O9S3/c1-22(2,3)19(31)36-11-37-20(32)23(40-6-12-4-5-34-10-35-12)8-28-17(30)15(18(28)39-9-23)26-16(29)14(27-33)13-7-38-21(24)25-13/h7,12,15,18,33H,4-6,8-11H2,1-3H3,(H2,24,25)(H,26,29)/t12?,15?,18-,23?/m1/s1. The van der Waals surface area contributed by atoms with Crippen molar-refractivity contribution in [3.05, 3.63) is 11.1 Å². The lowest BCUT2D eigenvalue weighted by atomic mass is 9.98. The number of amides is 2. The van der Waals surface area contributed by atoms with Gasteiger partial charge < -0.3 is 40.1 Å². The summed E-state index contributed by atoms with van der Waals surface area (Å²) in [5.41, 5.74) is 4.56. The lowest BCUT2D eigenvalue weighted by molar-refractivity contribution is -0.175. The lowest BCUT2D eigenvalue weighted by Gasteiger charge is -2.53. The van der Waals surface area contributed by atoms with Gasteiger partial charge in [-0.05, 0) is 27.2 Å². The normalized spacial score (nSPS) is 26.9. The number of nitrogens with one attached hydrogen (secondary N) is 1. The Kier molecular flexibility index (Phi) is 9.49. The highest BCUT2D eigenvalue weighted by atomic mass is 32.2. The smallest absolute Gasteiger partial charge is 0.327 e. The first-order valence-electron chi connectivity index (χ1n) is 12.3. The van der Waals surface area contributed by atoms with E-state index in [0.717, 1.165) is 11.3 Å². The molecule has 0 spiro atoms. The van der Waals surface area contributed by atoms with Crippen molar-refractivity contribution in [2.24, 2.45) is 10.6 Å². The largest absolute Gasteiger partial charge is 0.427 e. The molecule has 14 nitrogen and oxygen atoms in total. The van der Waals surface area contributed by atoms with Crippen molar-refractivity contribution >= 4 is 69.5 Å². The van der Waals surface area contributed by atoms with Gasteiger partial charge in [-0.3, -0.25) is 19.2 Å². The SMILES string of the molecule is CC(C)(C)C(=O)OCOC(=O)C1(SCC2CCOCO2)CS[C@@H]2C(NC(=O)C(=NO)c3csc(N)n3)C(=O)N2C1. The average molecular weight is 618 g/mol. The molecule has 1 aromatic heterocycles. The first-order valence-corrected chi connectivity index (χ1v) is 15.2. The van der Waals surface area contributed by atoms with Crippen LogP contribution in [-0.4, -0.2) is 105 Å². The van der Waals surface area contributed by atoms with Gasteiger partial charge >= 0.3 is 11.9 Å². The maximum Gasteiger partial charge on any atom is 0.327 e. The Morgan fingerprint density at radius 2 is 2.15 bits per heavy atom. The molecule has 40 heavy (non-hydrogen) atoms. The van der Waals surface area contributed by atoms with Gasteiger partial charge in [0.15, 0.2) is 10.8 Å². The molecule has 4 N–H and O–H groups in total. The Labute approximate surface area is 242 Å². The van der Waals surface area contributed by atoms with E-state index in [1.807, 2.05) is 0 Å². The van der Waals surface area contributed by atoms with Crippen LogP contribution in [-0.2, 0) is 38.1 Å². The molecular weight excluding hydrogens is 586 g/mol. The minimum absolute atomic E-state index is 0.0272. The number of anilines is 1. The summed E-state index contributed by atoms with van der Waals surface area (Å²) >= 11 is 3.71. The molecule has 3 saturated heterocycles. The molecule has 4 heterocycles. The van der Waals surface area contributed by atoms with E-state index < -0.39 is 52.1 Å². The summed E-state index contributed by atoms with van der Waals surface area (Å²) in [6.07, 6.45) is 0.521. The van der Waals surface area contributed by atoms with Gasteiger partial charge in [0.25, 0.3) is 5.91 Å². The molecule has 3 unspecified atom stereocenters. The molecule has 0 saturated carbocycles. The third-order valence-corrected chi connectivity index (χ3v) is 10.2. The number of nitrogens with two attached hydrogens (primary N) is 1. The molecule has 0 aliphatic carbocycles.